The molecule has 0 saturated heterocycles. The number of amides is 2. The van der Waals surface area contributed by atoms with Crippen molar-refractivity contribution >= 4 is 28.3 Å². The summed E-state index contributed by atoms with van der Waals surface area (Å²) < 4.78 is 11.0. The van der Waals surface area contributed by atoms with Gasteiger partial charge < -0.3 is 14.8 Å². The van der Waals surface area contributed by atoms with Gasteiger partial charge in [-0.1, -0.05) is 17.4 Å². The minimum Gasteiger partial charge on any atom is -0.486 e. The lowest BCUT2D eigenvalue weighted by Gasteiger charge is -2.20. The Labute approximate surface area is 142 Å². The lowest BCUT2D eigenvalue weighted by molar-refractivity contribution is 0.0958. The van der Waals surface area contributed by atoms with E-state index in [2.05, 4.69) is 15.6 Å². The standard InChI is InChI=1S/C16H15N3O4S/c20-14(9-3-1-5-11-12(9)23-8-7-22-11)19-16-18-10-4-2-6-17-15(21)13(10)24-16/h1,3,5H,2,4,6-8H2,(H,17,21)(H,18,19,20). The van der Waals surface area contributed by atoms with Crippen LogP contribution in [0.15, 0.2) is 18.2 Å². The van der Waals surface area contributed by atoms with Crippen molar-refractivity contribution in [3.63, 3.8) is 0 Å². The number of fused-ring (bicyclic) bond motifs is 2. The number of nitrogens with one attached hydrogen (secondary N) is 2. The Balaban J connectivity index is 1.59. The molecule has 0 aliphatic carbocycles. The number of carbonyl (C=O) groups is 2. The van der Waals surface area contributed by atoms with E-state index in [1.165, 1.54) is 11.3 Å². The molecule has 2 aromatic rings. The van der Waals surface area contributed by atoms with E-state index in [4.69, 9.17) is 9.47 Å². The Morgan fingerprint density at radius 3 is 3.08 bits per heavy atom. The number of carbonyl (C=O) groups excluding carboxylic acids is 2. The van der Waals surface area contributed by atoms with Crippen molar-refractivity contribution in [2.75, 3.05) is 25.1 Å². The van der Waals surface area contributed by atoms with Crippen LogP contribution < -0.4 is 20.1 Å². The normalized spacial score (nSPS) is 15.9. The van der Waals surface area contributed by atoms with Gasteiger partial charge in [0.15, 0.2) is 16.6 Å². The lowest BCUT2D eigenvalue weighted by atomic mass is 10.1. The van der Waals surface area contributed by atoms with Gasteiger partial charge in [0.2, 0.25) is 0 Å². The highest BCUT2D eigenvalue weighted by atomic mass is 32.1. The topological polar surface area (TPSA) is 89.6 Å². The molecule has 0 spiro atoms. The number of ether oxygens (including phenoxy) is 2. The first-order valence-corrected chi connectivity index (χ1v) is 8.52. The minimum absolute atomic E-state index is 0.130. The van der Waals surface area contributed by atoms with Crippen molar-refractivity contribution in [3.05, 3.63) is 34.3 Å². The fraction of sp³-hybridized carbons (Fsp3) is 0.312. The van der Waals surface area contributed by atoms with Gasteiger partial charge in [-0.15, -0.1) is 0 Å². The molecule has 0 unspecified atom stereocenters. The second kappa shape index (κ2) is 6.12. The summed E-state index contributed by atoms with van der Waals surface area (Å²) in [6.45, 7) is 1.52. The highest BCUT2D eigenvalue weighted by Gasteiger charge is 2.24. The molecule has 1 aromatic carbocycles. The summed E-state index contributed by atoms with van der Waals surface area (Å²) in [5.74, 6) is 0.538. The predicted molar refractivity (Wildman–Crippen MR) is 88.2 cm³/mol. The summed E-state index contributed by atoms with van der Waals surface area (Å²) in [6, 6.07) is 5.18. The number of rotatable bonds is 2. The quantitative estimate of drug-likeness (QED) is 0.867. The molecule has 0 fully saturated rings. The Kier molecular flexibility index (Phi) is 3.81. The van der Waals surface area contributed by atoms with Crippen LogP contribution in [0.1, 0.15) is 32.1 Å². The summed E-state index contributed by atoms with van der Waals surface area (Å²) in [4.78, 5) is 29.5. The Hall–Kier alpha value is -2.61. The number of anilines is 1. The molecule has 0 saturated carbocycles. The van der Waals surface area contributed by atoms with Gasteiger partial charge in [-0.3, -0.25) is 14.9 Å². The second-order valence-electron chi connectivity index (χ2n) is 5.44. The van der Waals surface area contributed by atoms with E-state index in [-0.39, 0.29) is 11.8 Å². The SMILES string of the molecule is O=C(Nc1nc2c(s1)C(=O)NCCC2)c1cccc2c1OCCO2. The van der Waals surface area contributed by atoms with Gasteiger partial charge in [0.25, 0.3) is 11.8 Å². The summed E-state index contributed by atoms with van der Waals surface area (Å²) in [5.41, 5.74) is 1.13. The van der Waals surface area contributed by atoms with Gasteiger partial charge in [-0.2, -0.15) is 0 Å². The first kappa shape index (κ1) is 14.9. The van der Waals surface area contributed by atoms with Crippen molar-refractivity contribution in [2.24, 2.45) is 0 Å². The maximum atomic E-state index is 12.6. The predicted octanol–water partition coefficient (Wildman–Crippen LogP) is 1.84. The molecule has 4 rings (SSSR count). The summed E-state index contributed by atoms with van der Waals surface area (Å²) in [6.07, 6.45) is 1.56. The minimum atomic E-state index is -0.332. The average Bonchev–Trinajstić information content (AvgIpc) is 2.92. The zero-order chi connectivity index (χ0) is 16.5. The Bertz CT molecular complexity index is 818. The highest BCUT2D eigenvalue weighted by molar-refractivity contribution is 7.17. The van der Waals surface area contributed by atoms with Crippen molar-refractivity contribution in [1.29, 1.82) is 0 Å². The van der Waals surface area contributed by atoms with E-state index >= 15 is 0 Å². The smallest absolute Gasteiger partial charge is 0.263 e. The fourth-order valence-electron chi connectivity index (χ4n) is 2.71. The largest absolute Gasteiger partial charge is 0.486 e. The van der Waals surface area contributed by atoms with Crippen molar-refractivity contribution in [3.8, 4) is 11.5 Å². The van der Waals surface area contributed by atoms with Crippen molar-refractivity contribution in [1.82, 2.24) is 10.3 Å². The van der Waals surface area contributed by atoms with E-state index < -0.39 is 0 Å². The number of aryl methyl sites for hydroxylation is 1. The van der Waals surface area contributed by atoms with E-state index in [1.54, 1.807) is 18.2 Å². The van der Waals surface area contributed by atoms with Gasteiger partial charge in [0.1, 0.15) is 18.1 Å². The molecule has 7 nitrogen and oxygen atoms in total. The Morgan fingerprint density at radius 2 is 2.17 bits per heavy atom. The number of hydrogen-bond acceptors (Lipinski definition) is 6. The lowest BCUT2D eigenvalue weighted by Crippen LogP contribution is -2.21. The summed E-state index contributed by atoms with van der Waals surface area (Å²) in [5, 5.41) is 5.99. The molecular formula is C16H15N3O4S. The maximum Gasteiger partial charge on any atom is 0.263 e. The molecule has 0 radical (unpaired) electrons. The summed E-state index contributed by atoms with van der Waals surface area (Å²) >= 11 is 1.19. The number of benzene rings is 1. The third-order valence-corrected chi connectivity index (χ3v) is 4.82. The number of thiazole rings is 1. The van der Waals surface area contributed by atoms with Crippen LogP contribution in [0.2, 0.25) is 0 Å². The molecular weight excluding hydrogens is 330 g/mol. The molecule has 3 heterocycles. The zero-order valence-corrected chi connectivity index (χ0v) is 13.6. The van der Waals surface area contributed by atoms with Crippen LogP contribution in [0, 0.1) is 0 Å². The average molecular weight is 345 g/mol. The number of para-hydroxylation sites is 1. The molecule has 24 heavy (non-hydrogen) atoms. The molecule has 2 aliphatic heterocycles. The van der Waals surface area contributed by atoms with Gasteiger partial charge in [-0.25, -0.2) is 4.98 Å². The molecule has 1 aromatic heterocycles. The molecule has 8 heteroatoms. The molecule has 0 atom stereocenters. The van der Waals surface area contributed by atoms with Crippen LogP contribution in [0.3, 0.4) is 0 Å². The molecule has 124 valence electrons. The fourth-order valence-corrected chi connectivity index (χ4v) is 3.63. The molecule has 2 N–H and O–H groups in total. The van der Waals surface area contributed by atoms with E-state index in [0.717, 1.165) is 18.5 Å². The van der Waals surface area contributed by atoms with Crippen molar-refractivity contribution in [2.45, 2.75) is 12.8 Å². The van der Waals surface area contributed by atoms with Crippen LogP contribution in [-0.4, -0.2) is 36.6 Å². The highest BCUT2D eigenvalue weighted by Crippen LogP contribution is 2.34. The van der Waals surface area contributed by atoms with E-state index in [9.17, 15) is 9.59 Å². The van der Waals surface area contributed by atoms with Crippen LogP contribution in [0.4, 0.5) is 5.13 Å². The van der Waals surface area contributed by atoms with Crippen LogP contribution >= 0.6 is 11.3 Å². The van der Waals surface area contributed by atoms with Crippen LogP contribution in [0.25, 0.3) is 0 Å². The first-order valence-electron chi connectivity index (χ1n) is 7.70. The van der Waals surface area contributed by atoms with Crippen molar-refractivity contribution < 1.29 is 19.1 Å². The van der Waals surface area contributed by atoms with Crippen LogP contribution in [-0.2, 0) is 6.42 Å². The molecule has 2 amide bonds. The van der Waals surface area contributed by atoms with E-state index in [1.807, 2.05) is 0 Å². The molecule has 2 aliphatic rings. The van der Waals surface area contributed by atoms with Gasteiger partial charge in [-0.05, 0) is 25.0 Å². The first-order chi connectivity index (χ1) is 11.7. The number of aromatic nitrogens is 1. The molecule has 0 bridgehead atoms. The van der Waals surface area contributed by atoms with E-state index in [0.29, 0.717) is 46.8 Å². The third kappa shape index (κ3) is 2.69. The number of nitrogens with zero attached hydrogens (tertiary/aromatic N) is 1. The van der Waals surface area contributed by atoms with Gasteiger partial charge >= 0.3 is 0 Å². The number of hydrogen-bond donors (Lipinski definition) is 2. The zero-order valence-electron chi connectivity index (χ0n) is 12.8. The monoisotopic (exact) mass is 345 g/mol. The summed E-state index contributed by atoms with van der Waals surface area (Å²) in [7, 11) is 0. The van der Waals surface area contributed by atoms with Crippen LogP contribution in [0.5, 0.6) is 11.5 Å². The van der Waals surface area contributed by atoms with Gasteiger partial charge in [0.05, 0.1) is 11.3 Å². The maximum absolute atomic E-state index is 12.6. The third-order valence-electron chi connectivity index (χ3n) is 3.81. The Morgan fingerprint density at radius 1 is 1.29 bits per heavy atom. The van der Waals surface area contributed by atoms with Gasteiger partial charge in [0, 0.05) is 6.54 Å². The second-order valence-corrected chi connectivity index (χ2v) is 6.44.